The highest BCUT2D eigenvalue weighted by molar-refractivity contribution is 7.15. The number of morpholine rings is 1. The minimum absolute atomic E-state index is 0.277. The average Bonchev–Trinajstić information content (AvgIpc) is 2.98. The average molecular weight is 349 g/mol. The number of ether oxygens (including phenoxy) is 1. The lowest BCUT2D eigenvalue weighted by atomic mass is 10.1. The Labute approximate surface area is 134 Å². The summed E-state index contributed by atoms with van der Waals surface area (Å²) in [6.45, 7) is 1.34. The van der Waals surface area contributed by atoms with Crippen molar-refractivity contribution in [2.45, 2.75) is 12.3 Å². The number of thiazole rings is 1. The fraction of sp³-hybridized carbons (Fsp3) is 0.357. The fourth-order valence-corrected chi connectivity index (χ4v) is 3.37. The summed E-state index contributed by atoms with van der Waals surface area (Å²) in [4.78, 5) is 5.00. The first-order chi connectivity index (χ1) is 10.4. The summed E-state index contributed by atoms with van der Waals surface area (Å²) in [7, 11) is 0. The Morgan fingerprint density at radius 3 is 2.77 bits per heavy atom. The molecule has 2 aromatic rings. The van der Waals surface area contributed by atoms with Crippen LogP contribution < -0.4 is 4.90 Å². The zero-order valence-electron chi connectivity index (χ0n) is 11.3. The normalized spacial score (nSPS) is 19.5. The molecule has 1 unspecified atom stereocenters. The molecule has 0 aliphatic carbocycles. The van der Waals surface area contributed by atoms with Crippen LogP contribution in [0.25, 0.3) is 0 Å². The molecule has 3 rings (SSSR count). The molecular formula is C14H12ClF3N2OS. The monoisotopic (exact) mass is 348 g/mol. The van der Waals surface area contributed by atoms with E-state index in [1.54, 1.807) is 11.0 Å². The summed E-state index contributed by atoms with van der Waals surface area (Å²) in [6.07, 6.45) is -3.76. The van der Waals surface area contributed by atoms with Gasteiger partial charge < -0.3 is 9.64 Å². The van der Waals surface area contributed by atoms with E-state index in [1.807, 2.05) is 18.2 Å². The molecule has 0 saturated carbocycles. The Bertz CT molecular complexity index is 662. The molecule has 22 heavy (non-hydrogen) atoms. The van der Waals surface area contributed by atoms with E-state index < -0.39 is 11.1 Å². The van der Waals surface area contributed by atoms with E-state index in [0.717, 1.165) is 11.8 Å². The predicted molar refractivity (Wildman–Crippen MR) is 79.5 cm³/mol. The van der Waals surface area contributed by atoms with Gasteiger partial charge in [0.2, 0.25) is 0 Å². The second kappa shape index (κ2) is 6.06. The minimum atomic E-state index is -4.36. The summed E-state index contributed by atoms with van der Waals surface area (Å²) in [5.74, 6) is 0. The van der Waals surface area contributed by atoms with Crippen LogP contribution in [0.5, 0.6) is 0 Å². The van der Waals surface area contributed by atoms with Crippen LogP contribution in [0.3, 0.4) is 0 Å². The van der Waals surface area contributed by atoms with Crippen molar-refractivity contribution < 1.29 is 17.9 Å². The molecule has 0 N–H and O–H groups in total. The Morgan fingerprint density at radius 2 is 2.09 bits per heavy atom. The Balaban J connectivity index is 1.79. The summed E-state index contributed by atoms with van der Waals surface area (Å²) < 4.78 is 43.7. The molecular weight excluding hydrogens is 337 g/mol. The van der Waals surface area contributed by atoms with Gasteiger partial charge in [-0.15, -0.1) is 0 Å². The van der Waals surface area contributed by atoms with E-state index in [-0.39, 0.29) is 6.10 Å². The zero-order valence-corrected chi connectivity index (χ0v) is 12.9. The van der Waals surface area contributed by atoms with Crippen molar-refractivity contribution >= 4 is 28.1 Å². The Hall–Kier alpha value is -1.31. The van der Waals surface area contributed by atoms with Gasteiger partial charge >= 0.3 is 6.18 Å². The van der Waals surface area contributed by atoms with Crippen molar-refractivity contribution in [3.05, 3.63) is 45.9 Å². The van der Waals surface area contributed by atoms with Gasteiger partial charge in [-0.1, -0.05) is 41.1 Å². The predicted octanol–water partition coefficient (Wildman–Crippen LogP) is 4.39. The molecule has 1 aromatic carbocycles. The molecule has 0 amide bonds. The molecule has 118 valence electrons. The van der Waals surface area contributed by atoms with Crippen LogP contribution >= 0.6 is 22.9 Å². The number of hydrogen-bond donors (Lipinski definition) is 0. The SMILES string of the molecule is FC(F)(F)c1cnc(N2CCOC(c3ccccc3Cl)C2)s1. The van der Waals surface area contributed by atoms with Crippen LogP contribution in [0, 0.1) is 0 Å². The Kier molecular flexibility index (Phi) is 4.29. The molecule has 1 fully saturated rings. The number of alkyl halides is 3. The number of anilines is 1. The van der Waals surface area contributed by atoms with Crippen molar-refractivity contribution in [3.8, 4) is 0 Å². The first-order valence-corrected chi connectivity index (χ1v) is 7.78. The molecule has 0 bridgehead atoms. The lowest BCUT2D eigenvalue weighted by Gasteiger charge is -2.33. The van der Waals surface area contributed by atoms with Gasteiger partial charge in [0.15, 0.2) is 5.13 Å². The van der Waals surface area contributed by atoms with Gasteiger partial charge in [0.25, 0.3) is 0 Å². The number of rotatable bonds is 2. The summed E-state index contributed by atoms with van der Waals surface area (Å²) >= 11 is 6.80. The Morgan fingerprint density at radius 1 is 1.32 bits per heavy atom. The molecule has 0 spiro atoms. The summed E-state index contributed by atoms with van der Waals surface area (Å²) in [5, 5.41) is 0.942. The molecule has 1 aliphatic rings. The molecule has 1 saturated heterocycles. The first kappa shape index (κ1) is 15.6. The van der Waals surface area contributed by atoms with Crippen molar-refractivity contribution in [2.24, 2.45) is 0 Å². The number of aromatic nitrogens is 1. The highest BCUT2D eigenvalue weighted by atomic mass is 35.5. The van der Waals surface area contributed by atoms with Crippen LogP contribution in [0.1, 0.15) is 16.5 Å². The van der Waals surface area contributed by atoms with Crippen molar-refractivity contribution in [1.82, 2.24) is 4.98 Å². The maximum Gasteiger partial charge on any atom is 0.427 e. The quantitative estimate of drug-likeness (QED) is 0.804. The summed E-state index contributed by atoms with van der Waals surface area (Å²) in [6, 6.07) is 7.31. The van der Waals surface area contributed by atoms with Gasteiger partial charge in [0, 0.05) is 17.1 Å². The molecule has 1 aliphatic heterocycles. The van der Waals surface area contributed by atoms with Gasteiger partial charge in [-0.05, 0) is 6.07 Å². The van der Waals surface area contributed by atoms with Crippen molar-refractivity contribution in [1.29, 1.82) is 0 Å². The van der Waals surface area contributed by atoms with Crippen LogP contribution in [-0.2, 0) is 10.9 Å². The molecule has 1 aromatic heterocycles. The van der Waals surface area contributed by atoms with Gasteiger partial charge in [-0.2, -0.15) is 13.2 Å². The highest BCUT2D eigenvalue weighted by Crippen LogP contribution is 2.38. The van der Waals surface area contributed by atoms with Gasteiger partial charge in [0.05, 0.1) is 19.3 Å². The topological polar surface area (TPSA) is 25.4 Å². The van der Waals surface area contributed by atoms with E-state index in [9.17, 15) is 13.2 Å². The van der Waals surface area contributed by atoms with E-state index in [0.29, 0.717) is 41.2 Å². The van der Waals surface area contributed by atoms with E-state index in [1.165, 1.54) is 0 Å². The van der Waals surface area contributed by atoms with Crippen LogP contribution in [-0.4, -0.2) is 24.7 Å². The van der Waals surface area contributed by atoms with Crippen LogP contribution in [0.4, 0.5) is 18.3 Å². The fourth-order valence-electron chi connectivity index (χ4n) is 2.29. The zero-order chi connectivity index (χ0) is 15.7. The molecule has 3 nitrogen and oxygen atoms in total. The maximum atomic E-state index is 12.7. The van der Waals surface area contributed by atoms with Gasteiger partial charge in [0.1, 0.15) is 11.0 Å². The minimum Gasteiger partial charge on any atom is -0.370 e. The van der Waals surface area contributed by atoms with E-state index >= 15 is 0 Å². The van der Waals surface area contributed by atoms with E-state index in [4.69, 9.17) is 16.3 Å². The first-order valence-electron chi connectivity index (χ1n) is 6.59. The lowest BCUT2D eigenvalue weighted by Crippen LogP contribution is -2.38. The highest BCUT2D eigenvalue weighted by Gasteiger charge is 2.34. The lowest BCUT2D eigenvalue weighted by molar-refractivity contribution is -0.134. The second-order valence-corrected chi connectivity index (χ2v) is 6.25. The number of hydrogen-bond acceptors (Lipinski definition) is 4. The third kappa shape index (κ3) is 3.21. The molecule has 0 radical (unpaired) electrons. The number of halogens is 4. The third-order valence-corrected chi connectivity index (χ3v) is 4.81. The van der Waals surface area contributed by atoms with Crippen LogP contribution in [0.2, 0.25) is 5.02 Å². The van der Waals surface area contributed by atoms with Crippen LogP contribution in [0.15, 0.2) is 30.5 Å². The number of nitrogens with zero attached hydrogens (tertiary/aromatic N) is 2. The molecule has 1 atom stereocenters. The second-order valence-electron chi connectivity index (χ2n) is 4.83. The number of benzene rings is 1. The van der Waals surface area contributed by atoms with Crippen molar-refractivity contribution in [2.75, 3.05) is 24.6 Å². The molecule has 8 heteroatoms. The van der Waals surface area contributed by atoms with Crippen molar-refractivity contribution in [3.63, 3.8) is 0 Å². The summed E-state index contributed by atoms with van der Waals surface area (Å²) in [5.41, 5.74) is 0.835. The maximum absolute atomic E-state index is 12.7. The standard InChI is InChI=1S/C14H12ClF3N2OS/c15-10-4-2-1-3-9(10)11-8-20(5-6-21-11)13-19-7-12(22-13)14(16,17)18/h1-4,7,11H,5-6,8H2. The smallest absolute Gasteiger partial charge is 0.370 e. The van der Waals surface area contributed by atoms with E-state index in [2.05, 4.69) is 4.98 Å². The largest absolute Gasteiger partial charge is 0.427 e. The molecule has 2 heterocycles. The third-order valence-electron chi connectivity index (χ3n) is 3.36. The van der Waals surface area contributed by atoms with Gasteiger partial charge in [-0.25, -0.2) is 4.98 Å². The van der Waals surface area contributed by atoms with Gasteiger partial charge in [-0.3, -0.25) is 0 Å².